The van der Waals surface area contributed by atoms with Crippen molar-refractivity contribution in [2.45, 2.75) is 19.8 Å². The maximum absolute atomic E-state index is 12.0. The molecule has 0 aliphatic rings. The number of hydrogen-bond acceptors (Lipinski definition) is 2. The van der Waals surface area contributed by atoms with Gasteiger partial charge in [0.2, 0.25) is 0 Å². The molecule has 2 aromatic rings. The fourth-order valence-corrected chi connectivity index (χ4v) is 2.12. The number of hydrogen-bond donors (Lipinski definition) is 1. The maximum Gasteiger partial charge on any atom is 0.332 e. The first-order valence-corrected chi connectivity index (χ1v) is 6.10. The predicted molar refractivity (Wildman–Crippen MR) is 73.2 cm³/mol. The summed E-state index contributed by atoms with van der Waals surface area (Å²) in [4.78, 5) is 12.0. The second-order valence-corrected chi connectivity index (χ2v) is 4.73. The molecule has 0 fully saturated rings. The number of nitrogens with zero attached hydrogens (tertiary/aromatic N) is 2. The molecular weight excluding hydrogens is 226 g/mol. The van der Waals surface area contributed by atoms with Gasteiger partial charge in [0.05, 0.1) is 5.69 Å². The second kappa shape index (κ2) is 4.82. The molecule has 1 atom stereocenters. The Labute approximate surface area is 107 Å². The molecule has 0 saturated carbocycles. The highest BCUT2D eigenvalue weighted by atomic mass is 16.1. The van der Waals surface area contributed by atoms with Crippen LogP contribution in [-0.2, 0) is 7.05 Å². The molecule has 96 valence electrons. The van der Waals surface area contributed by atoms with E-state index in [9.17, 15) is 4.79 Å². The van der Waals surface area contributed by atoms with Crippen molar-refractivity contribution in [3.63, 3.8) is 0 Å². The monoisotopic (exact) mass is 245 g/mol. The molecule has 2 N–H and O–H groups in total. The Kier molecular flexibility index (Phi) is 3.39. The SMILES string of the molecule is Cc1cn(C)c(=O)n1-c1cccc(C(C)CN)c1. The summed E-state index contributed by atoms with van der Waals surface area (Å²) in [6.07, 6.45) is 1.83. The normalized spacial score (nSPS) is 12.7. The topological polar surface area (TPSA) is 53.0 Å². The van der Waals surface area contributed by atoms with E-state index in [0.717, 1.165) is 16.9 Å². The van der Waals surface area contributed by atoms with Crippen molar-refractivity contribution >= 4 is 0 Å². The highest BCUT2D eigenvalue weighted by Gasteiger charge is 2.09. The van der Waals surface area contributed by atoms with E-state index in [2.05, 4.69) is 6.92 Å². The number of nitrogens with two attached hydrogens (primary N) is 1. The van der Waals surface area contributed by atoms with Gasteiger partial charge in [0.25, 0.3) is 0 Å². The molecule has 1 aromatic heterocycles. The average molecular weight is 245 g/mol. The van der Waals surface area contributed by atoms with Gasteiger partial charge in [-0.15, -0.1) is 0 Å². The van der Waals surface area contributed by atoms with Crippen molar-refractivity contribution in [1.29, 1.82) is 0 Å². The molecule has 18 heavy (non-hydrogen) atoms. The molecule has 2 rings (SSSR count). The Balaban J connectivity index is 2.55. The van der Waals surface area contributed by atoms with E-state index in [1.54, 1.807) is 16.2 Å². The van der Waals surface area contributed by atoms with Crippen LogP contribution in [-0.4, -0.2) is 15.7 Å². The molecule has 0 spiro atoms. The third-order valence-electron chi connectivity index (χ3n) is 3.28. The molecule has 4 nitrogen and oxygen atoms in total. The molecular formula is C14H19N3O. The molecule has 0 aliphatic carbocycles. The number of aryl methyl sites for hydroxylation is 2. The van der Waals surface area contributed by atoms with Gasteiger partial charge in [0, 0.05) is 18.9 Å². The summed E-state index contributed by atoms with van der Waals surface area (Å²) in [5.41, 5.74) is 8.65. The third kappa shape index (κ3) is 2.11. The van der Waals surface area contributed by atoms with E-state index in [4.69, 9.17) is 5.73 Å². The van der Waals surface area contributed by atoms with Crippen LogP contribution < -0.4 is 11.4 Å². The van der Waals surface area contributed by atoms with Crippen LogP contribution in [0.2, 0.25) is 0 Å². The van der Waals surface area contributed by atoms with Crippen LogP contribution in [0.25, 0.3) is 5.69 Å². The van der Waals surface area contributed by atoms with Gasteiger partial charge in [-0.25, -0.2) is 4.79 Å². The highest BCUT2D eigenvalue weighted by molar-refractivity contribution is 5.38. The third-order valence-corrected chi connectivity index (χ3v) is 3.28. The zero-order valence-electron chi connectivity index (χ0n) is 11.1. The number of imidazole rings is 1. The summed E-state index contributed by atoms with van der Waals surface area (Å²) in [7, 11) is 1.76. The fraction of sp³-hybridized carbons (Fsp3) is 0.357. The van der Waals surface area contributed by atoms with Crippen molar-refractivity contribution in [2.24, 2.45) is 12.8 Å². The fourth-order valence-electron chi connectivity index (χ4n) is 2.12. The van der Waals surface area contributed by atoms with Crippen LogP contribution in [0.4, 0.5) is 0 Å². The van der Waals surface area contributed by atoms with Crippen LogP contribution in [0, 0.1) is 6.92 Å². The van der Waals surface area contributed by atoms with Crippen molar-refractivity contribution in [3.05, 3.63) is 52.2 Å². The lowest BCUT2D eigenvalue weighted by molar-refractivity contribution is 0.769. The van der Waals surface area contributed by atoms with Gasteiger partial charge >= 0.3 is 5.69 Å². The maximum atomic E-state index is 12.0. The smallest absolute Gasteiger partial charge is 0.330 e. The first-order chi connectivity index (χ1) is 8.54. The van der Waals surface area contributed by atoms with E-state index in [1.807, 2.05) is 37.4 Å². The van der Waals surface area contributed by atoms with Crippen molar-refractivity contribution in [1.82, 2.24) is 9.13 Å². The van der Waals surface area contributed by atoms with Gasteiger partial charge in [-0.05, 0) is 37.1 Å². The molecule has 1 heterocycles. The number of aromatic nitrogens is 2. The van der Waals surface area contributed by atoms with Gasteiger partial charge in [-0.3, -0.25) is 4.57 Å². The Morgan fingerprint density at radius 3 is 2.67 bits per heavy atom. The van der Waals surface area contributed by atoms with E-state index in [-0.39, 0.29) is 5.69 Å². The Morgan fingerprint density at radius 2 is 2.11 bits per heavy atom. The quantitative estimate of drug-likeness (QED) is 0.892. The summed E-state index contributed by atoms with van der Waals surface area (Å²) in [5, 5.41) is 0. The molecule has 0 bridgehead atoms. The van der Waals surface area contributed by atoms with Gasteiger partial charge in [0.1, 0.15) is 0 Å². The summed E-state index contributed by atoms with van der Waals surface area (Å²) < 4.78 is 3.31. The Morgan fingerprint density at radius 1 is 1.39 bits per heavy atom. The van der Waals surface area contributed by atoms with E-state index < -0.39 is 0 Å². The Bertz CT molecular complexity index is 610. The lowest BCUT2D eigenvalue weighted by Crippen LogP contribution is -2.21. The lowest BCUT2D eigenvalue weighted by atomic mass is 10.0. The minimum absolute atomic E-state index is 0.0231. The molecule has 4 heteroatoms. The molecule has 0 saturated heterocycles. The van der Waals surface area contributed by atoms with Gasteiger partial charge < -0.3 is 10.3 Å². The molecule has 1 unspecified atom stereocenters. The number of rotatable bonds is 3. The van der Waals surface area contributed by atoms with Gasteiger partial charge in [-0.2, -0.15) is 0 Å². The molecule has 0 amide bonds. The minimum atomic E-state index is -0.0231. The summed E-state index contributed by atoms with van der Waals surface area (Å²) in [6.45, 7) is 4.62. The van der Waals surface area contributed by atoms with E-state index in [0.29, 0.717) is 12.5 Å². The van der Waals surface area contributed by atoms with Gasteiger partial charge in [-0.1, -0.05) is 19.1 Å². The summed E-state index contributed by atoms with van der Waals surface area (Å²) >= 11 is 0. The molecule has 0 radical (unpaired) electrons. The van der Waals surface area contributed by atoms with Crippen LogP contribution in [0.5, 0.6) is 0 Å². The van der Waals surface area contributed by atoms with Crippen LogP contribution in [0.15, 0.2) is 35.3 Å². The number of benzene rings is 1. The van der Waals surface area contributed by atoms with Crippen LogP contribution in [0.1, 0.15) is 24.1 Å². The van der Waals surface area contributed by atoms with Crippen molar-refractivity contribution in [2.75, 3.05) is 6.54 Å². The van der Waals surface area contributed by atoms with E-state index in [1.165, 1.54) is 0 Å². The summed E-state index contributed by atoms with van der Waals surface area (Å²) in [6, 6.07) is 7.99. The van der Waals surface area contributed by atoms with Crippen molar-refractivity contribution in [3.8, 4) is 5.69 Å². The lowest BCUT2D eigenvalue weighted by Gasteiger charge is -2.11. The Hall–Kier alpha value is -1.81. The standard InChI is InChI=1S/C14H19N3O/c1-10(8-15)12-5-4-6-13(7-12)17-11(2)9-16(3)14(17)18/h4-7,9-10H,8,15H2,1-3H3. The zero-order valence-corrected chi connectivity index (χ0v) is 11.1. The van der Waals surface area contributed by atoms with E-state index >= 15 is 0 Å². The first-order valence-electron chi connectivity index (χ1n) is 6.10. The van der Waals surface area contributed by atoms with Crippen LogP contribution >= 0.6 is 0 Å². The average Bonchev–Trinajstić information content (AvgIpc) is 2.62. The first kappa shape index (κ1) is 12.6. The molecule has 0 aliphatic heterocycles. The van der Waals surface area contributed by atoms with Gasteiger partial charge in [0.15, 0.2) is 0 Å². The van der Waals surface area contributed by atoms with Crippen LogP contribution in [0.3, 0.4) is 0 Å². The second-order valence-electron chi connectivity index (χ2n) is 4.73. The highest BCUT2D eigenvalue weighted by Crippen LogP contribution is 2.18. The molecule has 1 aromatic carbocycles. The van der Waals surface area contributed by atoms with Crippen molar-refractivity contribution < 1.29 is 0 Å². The summed E-state index contributed by atoms with van der Waals surface area (Å²) in [5.74, 6) is 0.296. The predicted octanol–water partition coefficient (Wildman–Crippen LogP) is 1.55. The largest absolute Gasteiger partial charge is 0.332 e. The minimum Gasteiger partial charge on any atom is -0.330 e. The zero-order chi connectivity index (χ0) is 13.3.